The summed E-state index contributed by atoms with van der Waals surface area (Å²) in [6.45, 7) is -0.338. The summed E-state index contributed by atoms with van der Waals surface area (Å²) in [5.41, 5.74) is -0.251. The summed E-state index contributed by atoms with van der Waals surface area (Å²) in [5.74, 6) is -0.751. The first-order valence-electron chi connectivity index (χ1n) is 8.11. The van der Waals surface area contributed by atoms with Crippen molar-refractivity contribution in [1.82, 2.24) is 9.78 Å². The number of nitrogens with zero attached hydrogens (tertiary/aromatic N) is 4. The number of aromatic nitrogens is 2. The van der Waals surface area contributed by atoms with Gasteiger partial charge in [-0.25, -0.2) is 0 Å². The van der Waals surface area contributed by atoms with E-state index >= 15 is 0 Å². The van der Waals surface area contributed by atoms with E-state index in [1.165, 1.54) is 30.5 Å². The van der Waals surface area contributed by atoms with Gasteiger partial charge >= 0.3 is 5.82 Å². The number of nitrogens with one attached hydrogen (secondary N) is 1. The normalized spacial score (nSPS) is 10.5. The number of nitro groups is 2. The highest BCUT2D eigenvalue weighted by Gasteiger charge is 2.16. The number of hydrogen-bond acceptors (Lipinski definition) is 7. The van der Waals surface area contributed by atoms with E-state index in [4.69, 9.17) is 27.9 Å². The molecular weight excluding hydrogens is 441 g/mol. The maximum atomic E-state index is 12.2. The van der Waals surface area contributed by atoms with Crippen LogP contribution in [-0.4, -0.2) is 25.5 Å². The summed E-state index contributed by atoms with van der Waals surface area (Å²) in [7, 11) is 0. The SMILES string of the molecule is O=C(Cn1ccc([N+](=O)[O-])n1)Nc1cc(Oc2ccc(Cl)cc2Cl)cc([N+](=O)[O-])c1. The van der Waals surface area contributed by atoms with Crippen molar-refractivity contribution in [3.05, 3.63) is 78.9 Å². The van der Waals surface area contributed by atoms with E-state index in [1.807, 2.05) is 0 Å². The Morgan fingerprint density at radius 2 is 1.87 bits per heavy atom. The lowest BCUT2D eigenvalue weighted by atomic mass is 10.2. The van der Waals surface area contributed by atoms with Crippen LogP contribution >= 0.6 is 23.2 Å². The molecule has 0 fully saturated rings. The van der Waals surface area contributed by atoms with Crippen molar-refractivity contribution in [2.75, 3.05) is 5.32 Å². The second kappa shape index (κ2) is 8.76. The molecule has 13 heteroatoms. The molecule has 1 heterocycles. The Bertz CT molecular complexity index is 1150. The minimum absolute atomic E-state index is 0.0541. The Labute approximate surface area is 178 Å². The maximum absolute atomic E-state index is 12.2. The van der Waals surface area contributed by atoms with Crippen molar-refractivity contribution >= 4 is 46.3 Å². The number of halogens is 2. The molecule has 1 amide bonds. The zero-order valence-electron chi connectivity index (χ0n) is 14.8. The molecule has 0 unspecified atom stereocenters. The molecule has 0 radical (unpaired) electrons. The number of non-ortho nitro benzene ring substituents is 1. The van der Waals surface area contributed by atoms with Crippen molar-refractivity contribution in [2.45, 2.75) is 6.54 Å². The van der Waals surface area contributed by atoms with Crippen LogP contribution in [0, 0.1) is 20.2 Å². The minimum atomic E-state index is -0.694. The molecule has 30 heavy (non-hydrogen) atoms. The minimum Gasteiger partial charge on any atom is -0.455 e. The van der Waals surface area contributed by atoms with Crippen LogP contribution in [-0.2, 0) is 11.3 Å². The number of ether oxygens (including phenoxy) is 1. The van der Waals surface area contributed by atoms with Crippen LogP contribution in [0.1, 0.15) is 0 Å². The molecule has 0 atom stereocenters. The maximum Gasteiger partial charge on any atom is 0.389 e. The van der Waals surface area contributed by atoms with Crippen molar-refractivity contribution < 1.29 is 19.4 Å². The largest absolute Gasteiger partial charge is 0.455 e. The molecule has 0 saturated heterocycles. The highest BCUT2D eigenvalue weighted by atomic mass is 35.5. The predicted molar refractivity (Wildman–Crippen MR) is 107 cm³/mol. The fourth-order valence-electron chi connectivity index (χ4n) is 2.39. The summed E-state index contributed by atoms with van der Waals surface area (Å²) in [6.07, 6.45) is 1.27. The molecule has 3 aromatic rings. The summed E-state index contributed by atoms with van der Waals surface area (Å²) >= 11 is 11.9. The van der Waals surface area contributed by atoms with Crippen LogP contribution in [0.5, 0.6) is 11.5 Å². The van der Waals surface area contributed by atoms with E-state index in [2.05, 4.69) is 10.4 Å². The van der Waals surface area contributed by atoms with E-state index in [9.17, 15) is 25.0 Å². The van der Waals surface area contributed by atoms with E-state index < -0.39 is 21.6 Å². The van der Waals surface area contributed by atoms with Crippen LogP contribution in [0.4, 0.5) is 17.2 Å². The third-order valence-electron chi connectivity index (χ3n) is 3.63. The lowest BCUT2D eigenvalue weighted by Gasteiger charge is -2.10. The van der Waals surface area contributed by atoms with Gasteiger partial charge in [-0.05, 0) is 23.1 Å². The Hall–Kier alpha value is -3.70. The number of amides is 1. The molecule has 0 saturated carbocycles. The van der Waals surface area contributed by atoms with Gasteiger partial charge in [-0.2, -0.15) is 4.68 Å². The van der Waals surface area contributed by atoms with Crippen molar-refractivity contribution in [1.29, 1.82) is 0 Å². The summed E-state index contributed by atoms with van der Waals surface area (Å²) < 4.78 is 6.65. The van der Waals surface area contributed by atoms with Gasteiger partial charge in [0.15, 0.2) is 0 Å². The highest BCUT2D eigenvalue weighted by Crippen LogP contribution is 2.34. The lowest BCUT2D eigenvalue weighted by molar-refractivity contribution is -0.389. The molecule has 0 aliphatic heterocycles. The Morgan fingerprint density at radius 1 is 1.10 bits per heavy atom. The van der Waals surface area contributed by atoms with Crippen LogP contribution in [0.2, 0.25) is 10.0 Å². The number of rotatable bonds is 7. The van der Waals surface area contributed by atoms with Gasteiger partial charge in [0.25, 0.3) is 5.69 Å². The molecule has 154 valence electrons. The molecule has 1 aromatic heterocycles. The molecule has 3 rings (SSSR count). The molecule has 11 nitrogen and oxygen atoms in total. The number of anilines is 1. The number of carbonyl (C=O) groups is 1. The summed E-state index contributed by atoms with van der Waals surface area (Å²) in [5, 5.41) is 28.6. The van der Waals surface area contributed by atoms with E-state index in [0.717, 1.165) is 22.9 Å². The summed E-state index contributed by atoms with van der Waals surface area (Å²) in [6, 6.07) is 9.28. The third-order valence-corrected chi connectivity index (χ3v) is 4.16. The number of nitro benzene ring substituents is 1. The van der Waals surface area contributed by atoms with Gasteiger partial charge in [0.1, 0.15) is 18.0 Å². The van der Waals surface area contributed by atoms with E-state index in [0.29, 0.717) is 5.02 Å². The molecular formula is C17H11Cl2N5O6. The van der Waals surface area contributed by atoms with Gasteiger partial charge < -0.3 is 20.2 Å². The van der Waals surface area contributed by atoms with Crippen LogP contribution in [0.15, 0.2) is 48.7 Å². The van der Waals surface area contributed by atoms with Crippen LogP contribution < -0.4 is 10.1 Å². The first-order valence-corrected chi connectivity index (χ1v) is 8.87. The van der Waals surface area contributed by atoms with Crippen LogP contribution in [0.3, 0.4) is 0 Å². The molecule has 0 aliphatic carbocycles. The molecule has 2 aromatic carbocycles. The predicted octanol–water partition coefficient (Wildman–Crippen LogP) is 4.44. The van der Waals surface area contributed by atoms with Crippen molar-refractivity contribution in [3.8, 4) is 11.5 Å². The Kier molecular flexibility index (Phi) is 6.14. The first kappa shape index (κ1) is 21.0. The van der Waals surface area contributed by atoms with Gasteiger partial charge in [0.05, 0.1) is 39.1 Å². The van der Waals surface area contributed by atoms with Gasteiger partial charge in [0, 0.05) is 17.2 Å². The van der Waals surface area contributed by atoms with Gasteiger partial charge in [-0.15, -0.1) is 0 Å². The second-order valence-corrected chi connectivity index (χ2v) is 6.67. The monoisotopic (exact) mass is 451 g/mol. The first-order chi connectivity index (χ1) is 14.2. The van der Waals surface area contributed by atoms with E-state index in [1.54, 1.807) is 0 Å². The van der Waals surface area contributed by atoms with Gasteiger partial charge in [-0.3, -0.25) is 14.9 Å². The van der Waals surface area contributed by atoms with Crippen molar-refractivity contribution in [3.63, 3.8) is 0 Å². The number of benzene rings is 2. The quantitative estimate of drug-likeness (QED) is 0.413. The average Bonchev–Trinajstić information content (AvgIpc) is 3.12. The third kappa shape index (κ3) is 5.21. The molecule has 0 bridgehead atoms. The molecule has 1 N–H and O–H groups in total. The number of carbonyl (C=O) groups excluding carboxylic acids is 1. The molecule has 0 spiro atoms. The number of hydrogen-bond donors (Lipinski definition) is 1. The van der Waals surface area contributed by atoms with Crippen LogP contribution in [0.25, 0.3) is 0 Å². The average molecular weight is 452 g/mol. The summed E-state index contributed by atoms with van der Waals surface area (Å²) in [4.78, 5) is 32.8. The topological polar surface area (TPSA) is 142 Å². The fourth-order valence-corrected chi connectivity index (χ4v) is 2.84. The Balaban J connectivity index is 1.80. The second-order valence-electron chi connectivity index (χ2n) is 5.83. The fraction of sp³-hybridized carbons (Fsp3) is 0.0588. The lowest BCUT2D eigenvalue weighted by Crippen LogP contribution is -2.19. The van der Waals surface area contributed by atoms with Gasteiger partial charge in [-0.1, -0.05) is 23.2 Å². The smallest absolute Gasteiger partial charge is 0.389 e. The standard InChI is InChI=1S/C17H11Cl2N5O6/c18-10-1-2-15(14(19)5-10)30-13-7-11(6-12(8-13)23(26)27)20-17(25)9-22-4-3-16(21-22)24(28)29/h1-8H,9H2,(H,20,25). The zero-order chi connectivity index (χ0) is 21.8. The van der Waals surface area contributed by atoms with Crippen molar-refractivity contribution in [2.24, 2.45) is 0 Å². The van der Waals surface area contributed by atoms with Gasteiger partial charge in [0.2, 0.25) is 5.91 Å². The zero-order valence-corrected chi connectivity index (χ0v) is 16.3. The Morgan fingerprint density at radius 3 is 2.50 bits per heavy atom. The van der Waals surface area contributed by atoms with E-state index in [-0.39, 0.29) is 34.4 Å². The highest BCUT2D eigenvalue weighted by molar-refractivity contribution is 6.35. The molecule has 0 aliphatic rings.